The zero-order valence-corrected chi connectivity index (χ0v) is 12.5. The normalized spacial score (nSPS) is 10.8. The molecule has 0 N–H and O–H groups in total. The SMILES string of the molecule is O=C(Cc1cccc2ccccc12)c1cc(Br)cs1. The lowest BCUT2D eigenvalue weighted by Crippen LogP contribution is -2.01. The molecule has 0 amide bonds. The van der Waals surface area contributed by atoms with Crippen LogP contribution >= 0.6 is 27.3 Å². The first-order chi connectivity index (χ1) is 9.24. The van der Waals surface area contributed by atoms with E-state index in [0.717, 1.165) is 20.3 Å². The van der Waals surface area contributed by atoms with Crippen LogP contribution in [-0.4, -0.2) is 5.78 Å². The van der Waals surface area contributed by atoms with E-state index in [1.807, 2.05) is 35.7 Å². The number of rotatable bonds is 3. The van der Waals surface area contributed by atoms with E-state index >= 15 is 0 Å². The van der Waals surface area contributed by atoms with Crippen LogP contribution in [0.3, 0.4) is 0 Å². The van der Waals surface area contributed by atoms with Gasteiger partial charge in [0.25, 0.3) is 0 Å². The van der Waals surface area contributed by atoms with Gasteiger partial charge in [0.1, 0.15) is 0 Å². The third-order valence-corrected chi connectivity index (χ3v) is 4.81. The van der Waals surface area contributed by atoms with Gasteiger partial charge in [0.05, 0.1) is 4.88 Å². The lowest BCUT2D eigenvalue weighted by Gasteiger charge is -2.05. The van der Waals surface area contributed by atoms with E-state index in [-0.39, 0.29) is 5.78 Å². The lowest BCUT2D eigenvalue weighted by molar-refractivity contribution is 0.0997. The zero-order valence-electron chi connectivity index (χ0n) is 10.1. The largest absolute Gasteiger partial charge is 0.293 e. The molecule has 3 rings (SSSR count). The number of ketones is 1. The Balaban J connectivity index is 1.95. The number of hydrogen-bond donors (Lipinski definition) is 0. The summed E-state index contributed by atoms with van der Waals surface area (Å²) < 4.78 is 0.971. The molecule has 0 aliphatic rings. The fraction of sp³-hybridized carbons (Fsp3) is 0.0625. The molecule has 19 heavy (non-hydrogen) atoms. The monoisotopic (exact) mass is 330 g/mol. The van der Waals surface area contributed by atoms with Gasteiger partial charge < -0.3 is 0 Å². The Morgan fingerprint density at radius 3 is 2.68 bits per heavy atom. The van der Waals surface area contributed by atoms with Gasteiger partial charge >= 0.3 is 0 Å². The van der Waals surface area contributed by atoms with E-state index in [2.05, 4.69) is 34.1 Å². The van der Waals surface area contributed by atoms with E-state index in [1.165, 1.54) is 16.7 Å². The van der Waals surface area contributed by atoms with E-state index < -0.39 is 0 Å². The molecule has 0 aliphatic heterocycles. The van der Waals surface area contributed by atoms with Gasteiger partial charge in [0.2, 0.25) is 0 Å². The number of benzene rings is 2. The third-order valence-electron chi connectivity index (χ3n) is 3.07. The molecule has 0 bridgehead atoms. The summed E-state index contributed by atoms with van der Waals surface area (Å²) in [5.41, 5.74) is 1.09. The average Bonchev–Trinajstić information content (AvgIpc) is 2.86. The Kier molecular flexibility index (Phi) is 3.49. The Labute approximate surface area is 124 Å². The van der Waals surface area contributed by atoms with Crippen LogP contribution in [0, 0.1) is 0 Å². The lowest BCUT2D eigenvalue weighted by atomic mass is 10.00. The Hall–Kier alpha value is -1.45. The zero-order chi connectivity index (χ0) is 13.2. The van der Waals surface area contributed by atoms with Crippen molar-refractivity contribution < 1.29 is 4.79 Å². The summed E-state index contributed by atoms with van der Waals surface area (Å²) in [5.74, 6) is 0.173. The van der Waals surface area contributed by atoms with Crippen molar-refractivity contribution in [2.75, 3.05) is 0 Å². The minimum Gasteiger partial charge on any atom is -0.293 e. The number of Topliss-reactive ketones (excluding diaryl/α,β-unsaturated/α-hetero) is 1. The summed E-state index contributed by atoms with van der Waals surface area (Å²) >= 11 is 4.87. The first-order valence-electron chi connectivity index (χ1n) is 5.98. The van der Waals surface area contributed by atoms with Crippen molar-refractivity contribution in [2.45, 2.75) is 6.42 Å². The van der Waals surface area contributed by atoms with Gasteiger partial charge in [-0.2, -0.15) is 0 Å². The van der Waals surface area contributed by atoms with Gasteiger partial charge in [0.15, 0.2) is 5.78 Å². The first kappa shape index (κ1) is 12.6. The molecule has 0 saturated heterocycles. The van der Waals surface area contributed by atoms with Gasteiger partial charge in [-0.15, -0.1) is 11.3 Å². The molecule has 0 spiro atoms. The van der Waals surface area contributed by atoms with E-state index in [0.29, 0.717) is 6.42 Å². The van der Waals surface area contributed by atoms with Gasteiger partial charge in [-0.3, -0.25) is 4.79 Å². The first-order valence-corrected chi connectivity index (χ1v) is 7.65. The summed E-state index contributed by atoms with van der Waals surface area (Å²) in [6, 6.07) is 16.2. The van der Waals surface area contributed by atoms with Crippen molar-refractivity contribution in [1.82, 2.24) is 0 Å². The smallest absolute Gasteiger partial charge is 0.177 e. The summed E-state index contributed by atoms with van der Waals surface area (Å²) in [4.78, 5) is 13.1. The van der Waals surface area contributed by atoms with Crippen molar-refractivity contribution in [2.24, 2.45) is 0 Å². The van der Waals surface area contributed by atoms with E-state index in [4.69, 9.17) is 0 Å². The molecule has 2 aromatic carbocycles. The second-order valence-corrected chi connectivity index (χ2v) is 6.19. The molecule has 0 atom stereocenters. The summed E-state index contributed by atoms with van der Waals surface area (Å²) in [6.45, 7) is 0. The number of carbonyl (C=O) groups is 1. The van der Waals surface area contributed by atoms with Crippen molar-refractivity contribution in [3.63, 3.8) is 0 Å². The standard InChI is InChI=1S/C16H11BrOS/c17-13-9-16(19-10-13)15(18)8-12-6-3-5-11-4-1-2-7-14(11)12/h1-7,9-10H,8H2. The van der Waals surface area contributed by atoms with Crippen molar-refractivity contribution in [3.8, 4) is 0 Å². The molecule has 3 heteroatoms. The van der Waals surface area contributed by atoms with Crippen LogP contribution in [0.1, 0.15) is 15.2 Å². The van der Waals surface area contributed by atoms with Crippen LogP contribution in [0.25, 0.3) is 10.8 Å². The Morgan fingerprint density at radius 1 is 1.11 bits per heavy atom. The van der Waals surface area contributed by atoms with Crippen LogP contribution < -0.4 is 0 Å². The van der Waals surface area contributed by atoms with Gasteiger partial charge in [0, 0.05) is 16.3 Å². The van der Waals surface area contributed by atoms with Crippen molar-refractivity contribution in [3.05, 3.63) is 68.8 Å². The van der Waals surface area contributed by atoms with Crippen LogP contribution in [0.15, 0.2) is 58.4 Å². The molecule has 3 aromatic rings. The van der Waals surface area contributed by atoms with Crippen molar-refractivity contribution in [1.29, 1.82) is 0 Å². The molecule has 1 nitrogen and oxygen atoms in total. The maximum Gasteiger partial charge on any atom is 0.177 e. The maximum atomic E-state index is 12.3. The van der Waals surface area contributed by atoms with Crippen LogP contribution in [0.4, 0.5) is 0 Å². The predicted molar refractivity (Wildman–Crippen MR) is 84.0 cm³/mol. The molecule has 0 saturated carbocycles. The average molecular weight is 331 g/mol. The molecule has 0 aliphatic carbocycles. The van der Waals surface area contributed by atoms with Gasteiger partial charge in [-0.05, 0) is 38.3 Å². The highest BCUT2D eigenvalue weighted by atomic mass is 79.9. The predicted octanol–water partition coefficient (Wildman–Crippen LogP) is 5.09. The Morgan fingerprint density at radius 2 is 1.89 bits per heavy atom. The number of halogens is 1. The molecule has 94 valence electrons. The number of thiophene rings is 1. The fourth-order valence-corrected chi connectivity index (χ4v) is 3.53. The Bertz CT molecular complexity index is 740. The highest BCUT2D eigenvalue weighted by Gasteiger charge is 2.11. The summed E-state index contributed by atoms with van der Waals surface area (Å²) in [6.07, 6.45) is 0.453. The number of fused-ring (bicyclic) bond motifs is 1. The number of hydrogen-bond acceptors (Lipinski definition) is 2. The highest BCUT2D eigenvalue weighted by molar-refractivity contribution is 9.10. The third kappa shape index (κ3) is 2.62. The van der Waals surface area contributed by atoms with Gasteiger partial charge in [-0.1, -0.05) is 42.5 Å². The second-order valence-electron chi connectivity index (χ2n) is 4.37. The molecule has 0 unspecified atom stereocenters. The second kappa shape index (κ2) is 5.27. The van der Waals surface area contributed by atoms with Crippen LogP contribution in [0.5, 0.6) is 0 Å². The molecule has 0 fully saturated rings. The van der Waals surface area contributed by atoms with Crippen LogP contribution in [0.2, 0.25) is 0 Å². The van der Waals surface area contributed by atoms with Gasteiger partial charge in [-0.25, -0.2) is 0 Å². The fourth-order valence-electron chi connectivity index (χ4n) is 2.17. The highest BCUT2D eigenvalue weighted by Crippen LogP contribution is 2.24. The molecular weight excluding hydrogens is 320 g/mol. The molecular formula is C16H11BrOS. The minimum atomic E-state index is 0.173. The molecule has 0 radical (unpaired) electrons. The summed E-state index contributed by atoms with van der Waals surface area (Å²) in [7, 11) is 0. The summed E-state index contributed by atoms with van der Waals surface area (Å²) in [5, 5.41) is 4.28. The number of carbonyl (C=O) groups excluding carboxylic acids is 1. The molecule has 1 heterocycles. The maximum absolute atomic E-state index is 12.3. The quantitative estimate of drug-likeness (QED) is 0.611. The minimum absolute atomic E-state index is 0.173. The van der Waals surface area contributed by atoms with Crippen LogP contribution in [-0.2, 0) is 6.42 Å². The molecule has 1 aromatic heterocycles. The van der Waals surface area contributed by atoms with Crippen molar-refractivity contribution >= 4 is 43.8 Å². The van der Waals surface area contributed by atoms with E-state index in [9.17, 15) is 4.79 Å². The van der Waals surface area contributed by atoms with E-state index in [1.54, 1.807) is 0 Å². The topological polar surface area (TPSA) is 17.1 Å².